The van der Waals surface area contributed by atoms with Crippen molar-refractivity contribution in [2.75, 3.05) is 13.1 Å². The minimum absolute atomic E-state index is 0.0302. The molecule has 0 aliphatic heterocycles. The Bertz CT molecular complexity index is 801. The van der Waals surface area contributed by atoms with Crippen LogP contribution in [0.4, 0.5) is 0 Å². The monoisotopic (exact) mass is 376 g/mol. The third kappa shape index (κ3) is 4.05. The Kier molecular flexibility index (Phi) is 5.58. The molecule has 0 unspecified atom stereocenters. The van der Waals surface area contributed by atoms with Gasteiger partial charge in [-0.3, -0.25) is 19.6 Å². The van der Waals surface area contributed by atoms with E-state index in [1.54, 1.807) is 12.1 Å². The number of nitrogens with one attached hydrogen (secondary N) is 2. The molecule has 1 aromatic carbocycles. The smallest absolute Gasteiger partial charge is 0.317 e. The largest absolute Gasteiger partial charge is 0.480 e. The van der Waals surface area contributed by atoms with E-state index >= 15 is 0 Å². The second kappa shape index (κ2) is 7.88. The number of rotatable bonds is 7. The summed E-state index contributed by atoms with van der Waals surface area (Å²) < 4.78 is 0. The van der Waals surface area contributed by atoms with Crippen molar-refractivity contribution in [2.24, 2.45) is 0 Å². The first-order chi connectivity index (χ1) is 12.5. The summed E-state index contributed by atoms with van der Waals surface area (Å²) >= 11 is 6.02. The van der Waals surface area contributed by atoms with Gasteiger partial charge in [0.25, 0.3) is 5.91 Å². The average Bonchev–Trinajstić information content (AvgIpc) is 3.05. The lowest BCUT2D eigenvalue weighted by atomic mass is 9.85. The van der Waals surface area contributed by atoms with Gasteiger partial charge in [-0.1, -0.05) is 30.7 Å². The van der Waals surface area contributed by atoms with Crippen LogP contribution in [0.5, 0.6) is 0 Å². The average molecular weight is 377 g/mol. The number of likely N-dealkylation sites (N-methyl/N-ethyl adjacent to an activating group) is 1. The van der Waals surface area contributed by atoms with Gasteiger partial charge in [0, 0.05) is 22.7 Å². The number of amides is 1. The Balaban J connectivity index is 1.61. The van der Waals surface area contributed by atoms with Gasteiger partial charge >= 0.3 is 5.97 Å². The van der Waals surface area contributed by atoms with Gasteiger partial charge in [-0.25, -0.2) is 0 Å². The zero-order valence-corrected chi connectivity index (χ0v) is 15.2. The summed E-state index contributed by atoms with van der Waals surface area (Å²) in [5.41, 5.74) is 1.89. The highest BCUT2D eigenvalue weighted by atomic mass is 35.5. The maximum Gasteiger partial charge on any atom is 0.317 e. The molecule has 3 rings (SSSR count). The van der Waals surface area contributed by atoms with Crippen LogP contribution >= 0.6 is 11.6 Å². The fourth-order valence-electron chi connectivity index (χ4n) is 3.26. The zero-order valence-electron chi connectivity index (χ0n) is 14.4. The Morgan fingerprint density at radius 2 is 2.19 bits per heavy atom. The predicted octanol–water partition coefficient (Wildman–Crippen LogP) is 2.40. The highest BCUT2D eigenvalue weighted by molar-refractivity contribution is 6.30. The third-order valence-electron chi connectivity index (χ3n) is 4.71. The summed E-state index contributed by atoms with van der Waals surface area (Å²) in [5, 5.41) is 19.4. The normalized spacial score (nSPS) is 19.2. The van der Waals surface area contributed by atoms with Gasteiger partial charge in [-0.15, -0.1) is 0 Å². The Morgan fingerprint density at radius 3 is 2.85 bits per heavy atom. The second-order valence-electron chi connectivity index (χ2n) is 6.42. The number of carboxylic acids is 1. The molecule has 0 spiro atoms. The van der Waals surface area contributed by atoms with E-state index in [1.807, 2.05) is 24.0 Å². The van der Waals surface area contributed by atoms with Gasteiger partial charge in [0.15, 0.2) is 0 Å². The Morgan fingerprint density at radius 1 is 1.42 bits per heavy atom. The van der Waals surface area contributed by atoms with Crippen LogP contribution in [0.1, 0.15) is 30.1 Å². The molecule has 1 aromatic heterocycles. The number of carbonyl (C=O) groups excluding carboxylic acids is 1. The standard InChI is InChI=1S/C18H21ClN4O3/c1-2-23(10-16(24)25)14-7-13(8-14)21-18(26)15-9-20-22-17(15)11-4-3-5-12(19)6-11/h3-6,9,13-14H,2,7-8,10H2,1H3,(H,20,22)(H,21,26)(H,24,25). The fraction of sp³-hybridized carbons (Fsp3) is 0.389. The van der Waals surface area contributed by atoms with Crippen LogP contribution in [0.15, 0.2) is 30.5 Å². The van der Waals surface area contributed by atoms with Crippen LogP contribution in [0.2, 0.25) is 5.02 Å². The maximum atomic E-state index is 12.6. The number of nitrogens with zero attached hydrogens (tertiary/aromatic N) is 2. The van der Waals surface area contributed by atoms with Crippen molar-refractivity contribution in [3.05, 3.63) is 41.0 Å². The van der Waals surface area contributed by atoms with Crippen molar-refractivity contribution in [2.45, 2.75) is 31.8 Å². The number of hydrogen-bond acceptors (Lipinski definition) is 4. The van der Waals surface area contributed by atoms with E-state index in [1.165, 1.54) is 6.20 Å². The molecule has 8 heteroatoms. The van der Waals surface area contributed by atoms with E-state index in [0.29, 0.717) is 22.8 Å². The van der Waals surface area contributed by atoms with E-state index in [-0.39, 0.29) is 24.5 Å². The topological polar surface area (TPSA) is 98.3 Å². The molecule has 1 aliphatic carbocycles. The molecule has 138 valence electrons. The number of carboxylic acid groups (broad SMARTS) is 1. The molecule has 1 fully saturated rings. The molecule has 1 amide bonds. The molecular weight excluding hydrogens is 356 g/mol. The number of H-pyrrole nitrogens is 1. The minimum Gasteiger partial charge on any atom is -0.480 e. The molecule has 26 heavy (non-hydrogen) atoms. The predicted molar refractivity (Wildman–Crippen MR) is 98.2 cm³/mol. The summed E-state index contributed by atoms with van der Waals surface area (Å²) in [7, 11) is 0. The van der Waals surface area contributed by atoms with Crippen molar-refractivity contribution in [1.29, 1.82) is 0 Å². The van der Waals surface area contributed by atoms with Crippen LogP contribution in [0, 0.1) is 0 Å². The van der Waals surface area contributed by atoms with Crippen LogP contribution in [-0.2, 0) is 4.79 Å². The van der Waals surface area contributed by atoms with E-state index in [0.717, 1.165) is 18.4 Å². The number of aromatic amines is 1. The lowest BCUT2D eigenvalue weighted by molar-refractivity contribution is -0.139. The summed E-state index contributed by atoms with van der Waals surface area (Å²) in [5.74, 6) is -1.03. The molecular formula is C18H21ClN4O3. The van der Waals surface area contributed by atoms with Gasteiger partial charge in [0.1, 0.15) is 0 Å². The fourth-order valence-corrected chi connectivity index (χ4v) is 3.45. The molecule has 3 N–H and O–H groups in total. The summed E-state index contributed by atoms with van der Waals surface area (Å²) in [6.45, 7) is 2.65. The number of aromatic nitrogens is 2. The molecule has 7 nitrogen and oxygen atoms in total. The van der Waals surface area contributed by atoms with Gasteiger partial charge in [-0.05, 0) is 31.5 Å². The van der Waals surface area contributed by atoms with Crippen molar-refractivity contribution in [3.8, 4) is 11.3 Å². The number of benzene rings is 1. The molecule has 1 aliphatic rings. The number of carbonyl (C=O) groups is 2. The summed E-state index contributed by atoms with van der Waals surface area (Å²) in [6.07, 6.45) is 3.00. The van der Waals surface area contributed by atoms with Crippen LogP contribution in [0.25, 0.3) is 11.3 Å². The number of halogens is 1. The highest BCUT2D eigenvalue weighted by Crippen LogP contribution is 2.27. The van der Waals surface area contributed by atoms with Crippen molar-refractivity contribution >= 4 is 23.5 Å². The van der Waals surface area contributed by atoms with Crippen molar-refractivity contribution in [3.63, 3.8) is 0 Å². The van der Waals surface area contributed by atoms with Gasteiger partial charge in [0.05, 0.1) is 24.0 Å². The first-order valence-electron chi connectivity index (χ1n) is 8.54. The lowest BCUT2D eigenvalue weighted by Crippen LogP contribution is -2.54. The molecule has 1 saturated carbocycles. The molecule has 0 bridgehead atoms. The first-order valence-corrected chi connectivity index (χ1v) is 8.91. The van der Waals surface area contributed by atoms with E-state index < -0.39 is 5.97 Å². The highest BCUT2D eigenvalue weighted by Gasteiger charge is 2.35. The number of aliphatic carboxylic acids is 1. The molecule has 2 aromatic rings. The zero-order chi connectivity index (χ0) is 18.7. The molecule has 0 radical (unpaired) electrons. The number of hydrogen-bond donors (Lipinski definition) is 3. The van der Waals surface area contributed by atoms with Crippen LogP contribution < -0.4 is 5.32 Å². The maximum absolute atomic E-state index is 12.6. The van der Waals surface area contributed by atoms with Gasteiger partial charge in [0.2, 0.25) is 0 Å². The van der Waals surface area contributed by atoms with Gasteiger partial charge < -0.3 is 10.4 Å². The lowest BCUT2D eigenvalue weighted by Gasteiger charge is -2.42. The minimum atomic E-state index is -0.830. The summed E-state index contributed by atoms with van der Waals surface area (Å²) in [6, 6.07) is 7.46. The molecule has 0 atom stereocenters. The quantitative estimate of drug-likeness (QED) is 0.689. The van der Waals surface area contributed by atoms with Crippen LogP contribution in [-0.4, -0.2) is 57.3 Å². The van der Waals surface area contributed by atoms with E-state index in [9.17, 15) is 9.59 Å². The Labute approximate surface area is 156 Å². The molecule has 1 heterocycles. The first kappa shape index (κ1) is 18.4. The van der Waals surface area contributed by atoms with Crippen molar-refractivity contribution in [1.82, 2.24) is 20.4 Å². The van der Waals surface area contributed by atoms with Crippen LogP contribution in [0.3, 0.4) is 0 Å². The summed E-state index contributed by atoms with van der Waals surface area (Å²) in [4.78, 5) is 25.4. The third-order valence-corrected chi connectivity index (χ3v) is 4.94. The van der Waals surface area contributed by atoms with E-state index in [4.69, 9.17) is 16.7 Å². The van der Waals surface area contributed by atoms with E-state index in [2.05, 4.69) is 15.5 Å². The van der Waals surface area contributed by atoms with Crippen molar-refractivity contribution < 1.29 is 14.7 Å². The Hall–Kier alpha value is -2.38. The molecule has 0 saturated heterocycles. The SMILES string of the molecule is CCN(CC(=O)O)C1CC(NC(=O)c2cn[nH]c2-c2cccc(Cl)c2)C1. The second-order valence-corrected chi connectivity index (χ2v) is 6.86. The van der Waals surface area contributed by atoms with Gasteiger partial charge in [-0.2, -0.15) is 5.10 Å².